The van der Waals surface area contributed by atoms with Crippen molar-refractivity contribution in [3.63, 3.8) is 0 Å². The van der Waals surface area contributed by atoms with Gasteiger partial charge in [-0.05, 0) is 96.3 Å². The summed E-state index contributed by atoms with van der Waals surface area (Å²) in [6, 6.07) is 0. The predicted octanol–water partition coefficient (Wildman–Crippen LogP) is 22.7. The van der Waals surface area contributed by atoms with Gasteiger partial charge in [0, 0.05) is 19.3 Å². The highest BCUT2D eigenvalue weighted by atomic mass is 16.6. The molecule has 0 N–H and O–H groups in total. The molecule has 1 unspecified atom stereocenters. The summed E-state index contributed by atoms with van der Waals surface area (Å²) >= 11 is 0. The SMILES string of the molecule is CC/C=C\C/C=C\C/C=C\C/C=C\CCCCCCC(=O)OCC(COC(=O)CCCCCCCCCCCCCCCCCCCCCCCCC)OC(=O)CCCCCCCC/C=C\C/C=C\C/C=C\CCCCC. The van der Waals surface area contributed by atoms with Crippen molar-refractivity contribution >= 4 is 17.9 Å². The fraction of sp³-hybridized carbons (Fsp3) is 0.761. The lowest BCUT2D eigenvalue weighted by Gasteiger charge is -2.18. The number of hydrogen-bond acceptors (Lipinski definition) is 6. The number of ether oxygens (including phenoxy) is 3. The van der Waals surface area contributed by atoms with Crippen LogP contribution in [0.2, 0.25) is 0 Å². The molecule has 0 saturated heterocycles. The number of carbonyl (C=O) groups excluding carboxylic acids is 3. The van der Waals surface area contributed by atoms with Crippen LogP contribution in [0.4, 0.5) is 0 Å². The lowest BCUT2D eigenvalue weighted by atomic mass is 10.0. The van der Waals surface area contributed by atoms with Gasteiger partial charge in [0.1, 0.15) is 13.2 Å². The van der Waals surface area contributed by atoms with Gasteiger partial charge in [-0.1, -0.05) is 298 Å². The second-order valence-corrected chi connectivity index (χ2v) is 22.0. The first kappa shape index (κ1) is 73.6. The van der Waals surface area contributed by atoms with Crippen molar-refractivity contribution in [2.24, 2.45) is 0 Å². The van der Waals surface area contributed by atoms with E-state index in [1.165, 1.54) is 167 Å². The van der Waals surface area contributed by atoms with Gasteiger partial charge in [0.05, 0.1) is 0 Å². The molecule has 0 aromatic rings. The molecule has 0 bridgehead atoms. The topological polar surface area (TPSA) is 78.9 Å². The van der Waals surface area contributed by atoms with E-state index in [0.717, 1.165) is 122 Å². The summed E-state index contributed by atoms with van der Waals surface area (Å²) in [6.45, 7) is 6.51. The molecular weight excluding hydrogens is 949 g/mol. The quantitative estimate of drug-likeness (QED) is 0.0261. The summed E-state index contributed by atoms with van der Waals surface area (Å²) in [7, 11) is 0. The highest BCUT2D eigenvalue weighted by Gasteiger charge is 2.19. The third-order valence-electron chi connectivity index (χ3n) is 14.4. The van der Waals surface area contributed by atoms with Crippen LogP contribution in [-0.4, -0.2) is 37.2 Å². The lowest BCUT2D eigenvalue weighted by Crippen LogP contribution is -2.30. The number of unbranched alkanes of at least 4 members (excludes halogenated alkanes) is 35. The minimum absolute atomic E-state index is 0.0875. The maximum absolute atomic E-state index is 12.9. The zero-order valence-electron chi connectivity index (χ0n) is 51.0. The molecule has 0 aliphatic rings. The molecule has 77 heavy (non-hydrogen) atoms. The minimum atomic E-state index is -0.795. The van der Waals surface area contributed by atoms with Crippen molar-refractivity contribution in [3.05, 3.63) is 85.1 Å². The molecular formula is C71H124O6. The fourth-order valence-electron chi connectivity index (χ4n) is 9.44. The zero-order valence-corrected chi connectivity index (χ0v) is 51.0. The van der Waals surface area contributed by atoms with Crippen molar-refractivity contribution in [2.45, 2.75) is 335 Å². The molecule has 444 valence electrons. The van der Waals surface area contributed by atoms with Gasteiger partial charge in [0.25, 0.3) is 0 Å². The zero-order chi connectivity index (χ0) is 55.7. The average Bonchev–Trinajstić information content (AvgIpc) is 3.43. The Labute approximate surface area is 477 Å². The second-order valence-electron chi connectivity index (χ2n) is 22.0. The van der Waals surface area contributed by atoms with Gasteiger partial charge in [-0.3, -0.25) is 14.4 Å². The number of carbonyl (C=O) groups is 3. The molecule has 0 radical (unpaired) electrons. The van der Waals surface area contributed by atoms with Gasteiger partial charge in [-0.25, -0.2) is 0 Å². The van der Waals surface area contributed by atoms with E-state index >= 15 is 0 Å². The molecule has 0 aromatic heterocycles. The summed E-state index contributed by atoms with van der Waals surface area (Å²) in [5.74, 6) is -0.910. The minimum Gasteiger partial charge on any atom is -0.462 e. The Morgan fingerprint density at radius 1 is 0.273 bits per heavy atom. The summed E-state index contributed by atoms with van der Waals surface area (Å²) < 4.78 is 16.9. The van der Waals surface area contributed by atoms with Gasteiger partial charge >= 0.3 is 17.9 Å². The highest BCUT2D eigenvalue weighted by molar-refractivity contribution is 5.71. The molecule has 0 aromatic carbocycles. The first-order valence-corrected chi connectivity index (χ1v) is 33.1. The van der Waals surface area contributed by atoms with E-state index in [1.54, 1.807) is 0 Å². The van der Waals surface area contributed by atoms with Crippen LogP contribution in [0.15, 0.2) is 85.1 Å². The molecule has 1 atom stereocenters. The third-order valence-corrected chi connectivity index (χ3v) is 14.4. The van der Waals surface area contributed by atoms with Gasteiger partial charge in [0.2, 0.25) is 0 Å². The van der Waals surface area contributed by atoms with Crippen molar-refractivity contribution in [1.82, 2.24) is 0 Å². The Morgan fingerprint density at radius 3 is 0.818 bits per heavy atom. The number of rotatable bonds is 60. The van der Waals surface area contributed by atoms with E-state index < -0.39 is 6.10 Å². The molecule has 0 rings (SSSR count). The number of allylic oxidation sites excluding steroid dienone is 14. The molecule has 0 spiro atoms. The Kier molecular flexibility index (Phi) is 62.2. The summed E-state index contributed by atoms with van der Waals surface area (Å²) in [6.07, 6.45) is 85.9. The molecule has 0 saturated carbocycles. The normalized spacial score (nSPS) is 12.6. The molecule has 0 aliphatic heterocycles. The smallest absolute Gasteiger partial charge is 0.306 e. The third kappa shape index (κ3) is 63.3. The van der Waals surface area contributed by atoms with E-state index in [2.05, 4.69) is 106 Å². The van der Waals surface area contributed by atoms with Crippen LogP contribution in [0.25, 0.3) is 0 Å². The molecule has 0 amide bonds. The molecule has 0 aliphatic carbocycles. The molecule has 6 nitrogen and oxygen atoms in total. The van der Waals surface area contributed by atoms with E-state index in [0.29, 0.717) is 19.3 Å². The van der Waals surface area contributed by atoms with Crippen LogP contribution in [-0.2, 0) is 28.6 Å². The fourth-order valence-corrected chi connectivity index (χ4v) is 9.44. The lowest BCUT2D eigenvalue weighted by molar-refractivity contribution is -0.167. The monoisotopic (exact) mass is 1070 g/mol. The number of hydrogen-bond donors (Lipinski definition) is 0. The van der Waals surface area contributed by atoms with Gasteiger partial charge in [-0.15, -0.1) is 0 Å². The maximum atomic E-state index is 12.9. The number of esters is 3. The second kappa shape index (κ2) is 65.1. The summed E-state index contributed by atoms with van der Waals surface area (Å²) in [5, 5.41) is 0. The first-order valence-electron chi connectivity index (χ1n) is 33.1. The Bertz CT molecular complexity index is 1470. The molecule has 6 heteroatoms. The summed E-state index contributed by atoms with van der Waals surface area (Å²) in [4.78, 5) is 38.4. The standard InChI is InChI=1S/C71H124O6/c1-4-7-10-13-16-19-22-25-28-31-33-34-35-36-38-40-43-46-49-52-55-58-61-64-70(73)76-67-68(66-75-69(72)63-60-57-54-51-48-45-42-39-30-27-24-21-18-15-12-9-6-3)77-71(74)65-62-59-56-53-50-47-44-41-37-32-29-26-23-20-17-14-11-8-5-2/h9,12,17-18,20-21,26-27,29-30,37,41-42,45,68H,4-8,10-11,13-16,19,22-25,28,31-36,38-40,43-44,46-67H2,1-3H3/b12-9-,20-17-,21-18-,29-26-,30-27-,41-37-,45-42-. The predicted molar refractivity (Wildman–Crippen MR) is 334 cm³/mol. The van der Waals surface area contributed by atoms with Crippen LogP contribution in [0.5, 0.6) is 0 Å². The van der Waals surface area contributed by atoms with Crippen molar-refractivity contribution in [2.75, 3.05) is 13.2 Å². The van der Waals surface area contributed by atoms with E-state index in [-0.39, 0.29) is 31.1 Å². The Hall–Kier alpha value is -3.41. The van der Waals surface area contributed by atoms with Crippen molar-refractivity contribution in [3.8, 4) is 0 Å². The van der Waals surface area contributed by atoms with Crippen molar-refractivity contribution < 1.29 is 28.6 Å². The van der Waals surface area contributed by atoms with Crippen LogP contribution in [0.1, 0.15) is 329 Å². The largest absolute Gasteiger partial charge is 0.462 e. The van der Waals surface area contributed by atoms with Crippen LogP contribution in [0, 0.1) is 0 Å². The molecule has 0 heterocycles. The van der Waals surface area contributed by atoms with Crippen LogP contribution < -0.4 is 0 Å². The first-order chi connectivity index (χ1) is 38.0. The van der Waals surface area contributed by atoms with Gasteiger partial charge < -0.3 is 14.2 Å². The van der Waals surface area contributed by atoms with Gasteiger partial charge in [0.15, 0.2) is 6.10 Å². The molecule has 0 fully saturated rings. The van der Waals surface area contributed by atoms with Crippen molar-refractivity contribution in [1.29, 1.82) is 0 Å². The van der Waals surface area contributed by atoms with E-state index in [9.17, 15) is 14.4 Å². The Balaban J connectivity index is 4.38. The van der Waals surface area contributed by atoms with Crippen LogP contribution in [0.3, 0.4) is 0 Å². The highest BCUT2D eigenvalue weighted by Crippen LogP contribution is 2.17. The van der Waals surface area contributed by atoms with Gasteiger partial charge in [-0.2, -0.15) is 0 Å². The van der Waals surface area contributed by atoms with E-state index in [4.69, 9.17) is 14.2 Å². The Morgan fingerprint density at radius 2 is 0.506 bits per heavy atom. The average molecular weight is 1070 g/mol. The van der Waals surface area contributed by atoms with E-state index in [1.807, 2.05) is 0 Å². The van der Waals surface area contributed by atoms with Crippen LogP contribution >= 0.6 is 0 Å². The summed E-state index contributed by atoms with van der Waals surface area (Å²) in [5.41, 5.74) is 0. The maximum Gasteiger partial charge on any atom is 0.306 e.